The van der Waals surface area contributed by atoms with Crippen molar-refractivity contribution in [2.75, 3.05) is 7.05 Å². The summed E-state index contributed by atoms with van der Waals surface area (Å²) >= 11 is 0. The fourth-order valence-electron chi connectivity index (χ4n) is 1.60. The minimum absolute atomic E-state index is 0.204. The largest absolute Gasteiger partial charge is 0.329 e. The SMILES string of the molecule is CNCc1nccn1Cc1ccc(F)cc1. The second-order valence-electron chi connectivity index (χ2n) is 3.63. The Labute approximate surface area is 93.9 Å². The molecule has 0 atom stereocenters. The van der Waals surface area contributed by atoms with Crippen LogP contribution < -0.4 is 5.32 Å². The quantitative estimate of drug-likeness (QED) is 0.849. The number of hydrogen-bond donors (Lipinski definition) is 1. The third-order valence-electron chi connectivity index (χ3n) is 2.40. The highest BCUT2D eigenvalue weighted by Gasteiger charge is 2.02. The fourth-order valence-corrected chi connectivity index (χ4v) is 1.60. The molecule has 1 aromatic carbocycles. The van der Waals surface area contributed by atoms with Crippen molar-refractivity contribution in [2.45, 2.75) is 13.1 Å². The van der Waals surface area contributed by atoms with E-state index < -0.39 is 0 Å². The summed E-state index contributed by atoms with van der Waals surface area (Å²) in [5.74, 6) is 0.775. The van der Waals surface area contributed by atoms with Crippen LogP contribution in [0.3, 0.4) is 0 Å². The molecule has 2 rings (SSSR count). The molecule has 0 amide bonds. The van der Waals surface area contributed by atoms with E-state index in [4.69, 9.17) is 0 Å². The zero-order chi connectivity index (χ0) is 11.4. The van der Waals surface area contributed by atoms with E-state index >= 15 is 0 Å². The van der Waals surface area contributed by atoms with Crippen molar-refractivity contribution in [3.05, 3.63) is 53.9 Å². The lowest BCUT2D eigenvalue weighted by Crippen LogP contribution is -2.12. The zero-order valence-electron chi connectivity index (χ0n) is 9.15. The van der Waals surface area contributed by atoms with E-state index in [0.717, 1.165) is 24.5 Å². The van der Waals surface area contributed by atoms with Crippen molar-refractivity contribution in [3.63, 3.8) is 0 Å². The van der Waals surface area contributed by atoms with Crippen LogP contribution in [0.15, 0.2) is 36.7 Å². The first-order chi connectivity index (χ1) is 7.79. The maximum atomic E-state index is 12.7. The Bertz CT molecular complexity index is 448. The van der Waals surface area contributed by atoms with Crippen molar-refractivity contribution in [1.29, 1.82) is 0 Å². The van der Waals surface area contributed by atoms with E-state index in [-0.39, 0.29) is 5.82 Å². The molecule has 2 aromatic rings. The number of imidazole rings is 1. The number of hydrogen-bond acceptors (Lipinski definition) is 2. The summed E-state index contributed by atoms with van der Waals surface area (Å²) in [7, 11) is 1.89. The van der Waals surface area contributed by atoms with E-state index in [1.165, 1.54) is 12.1 Å². The first kappa shape index (κ1) is 10.8. The molecule has 0 bridgehead atoms. The van der Waals surface area contributed by atoms with Crippen molar-refractivity contribution < 1.29 is 4.39 Å². The summed E-state index contributed by atoms with van der Waals surface area (Å²) in [6, 6.07) is 6.53. The maximum absolute atomic E-state index is 12.7. The van der Waals surface area contributed by atoms with E-state index in [1.807, 2.05) is 17.8 Å². The minimum Gasteiger partial charge on any atom is -0.329 e. The lowest BCUT2D eigenvalue weighted by atomic mass is 10.2. The molecule has 0 fully saturated rings. The van der Waals surface area contributed by atoms with E-state index in [0.29, 0.717) is 0 Å². The first-order valence-electron chi connectivity index (χ1n) is 5.18. The highest BCUT2D eigenvalue weighted by Crippen LogP contribution is 2.07. The number of benzene rings is 1. The lowest BCUT2D eigenvalue weighted by Gasteiger charge is -2.07. The van der Waals surface area contributed by atoms with Gasteiger partial charge in [-0.1, -0.05) is 12.1 Å². The van der Waals surface area contributed by atoms with Crippen LogP contribution in [0.5, 0.6) is 0 Å². The summed E-state index contributed by atoms with van der Waals surface area (Å²) in [4.78, 5) is 4.25. The number of aromatic nitrogens is 2. The van der Waals surface area contributed by atoms with Gasteiger partial charge in [0.1, 0.15) is 11.6 Å². The van der Waals surface area contributed by atoms with Crippen LogP contribution in [0.1, 0.15) is 11.4 Å². The smallest absolute Gasteiger partial charge is 0.123 e. The monoisotopic (exact) mass is 219 g/mol. The maximum Gasteiger partial charge on any atom is 0.123 e. The Kier molecular flexibility index (Phi) is 3.31. The molecule has 1 aromatic heterocycles. The van der Waals surface area contributed by atoms with Crippen molar-refractivity contribution in [3.8, 4) is 0 Å². The summed E-state index contributed by atoms with van der Waals surface area (Å²) in [6.07, 6.45) is 3.70. The molecule has 0 aliphatic heterocycles. The average Bonchev–Trinajstić information content (AvgIpc) is 2.70. The van der Waals surface area contributed by atoms with Gasteiger partial charge in [-0.3, -0.25) is 0 Å². The molecule has 0 aliphatic carbocycles. The second-order valence-corrected chi connectivity index (χ2v) is 3.63. The molecule has 0 unspecified atom stereocenters. The fraction of sp³-hybridized carbons (Fsp3) is 0.250. The Morgan fingerprint density at radius 2 is 2.06 bits per heavy atom. The molecule has 84 valence electrons. The van der Waals surface area contributed by atoms with Crippen LogP contribution in [-0.4, -0.2) is 16.6 Å². The van der Waals surface area contributed by atoms with Gasteiger partial charge >= 0.3 is 0 Å². The standard InChI is InChI=1S/C12H14FN3/c1-14-8-12-15-6-7-16(12)9-10-2-4-11(13)5-3-10/h2-7,14H,8-9H2,1H3. The molecule has 0 aliphatic rings. The summed E-state index contributed by atoms with van der Waals surface area (Å²) in [5, 5.41) is 3.06. The van der Waals surface area contributed by atoms with Gasteiger partial charge in [0.2, 0.25) is 0 Å². The van der Waals surface area contributed by atoms with Crippen LogP contribution >= 0.6 is 0 Å². The molecule has 0 spiro atoms. The van der Waals surface area contributed by atoms with Gasteiger partial charge in [-0.2, -0.15) is 0 Å². The van der Waals surface area contributed by atoms with E-state index in [2.05, 4.69) is 10.3 Å². The van der Waals surface area contributed by atoms with Gasteiger partial charge in [0, 0.05) is 18.9 Å². The Hall–Kier alpha value is -1.68. The van der Waals surface area contributed by atoms with Gasteiger partial charge in [0.05, 0.1) is 6.54 Å². The number of nitrogens with zero attached hydrogens (tertiary/aromatic N) is 2. The van der Waals surface area contributed by atoms with Crippen molar-refractivity contribution in [2.24, 2.45) is 0 Å². The average molecular weight is 219 g/mol. The van der Waals surface area contributed by atoms with Gasteiger partial charge in [0.15, 0.2) is 0 Å². The van der Waals surface area contributed by atoms with E-state index in [9.17, 15) is 4.39 Å². The third kappa shape index (κ3) is 2.46. The summed E-state index contributed by atoms with van der Waals surface area (Å²) in [6.45, 7) is 1.45. The summed E-state index contributed by atoms with van der Waals surface area (Å²) < 4.78 is 14.8. The number of rotatable bonds is 4. The minimum atomic E-state index is -0.204. The Morgan fingerprint density at radius 1 is 1.31 bits per heavy atom. The molecule has 0 radical (unpaired) electrons. The number of halogens is 1. The van der Waals surface area contributed by atoms with Gasteiger partial charge in [-0.15, -0.1) is 0 Å². The Morgan fingerprint density at radius 3 is 2.75 bits per heavy atom. The first-order valence-corrected chi connectivity index (χ1v) is 5.18. The lowest BCUT2D eigenvalue weighted by molar-refractivity contribution is 0.625. The molecule has 1 heterocycles. The zero-order valence-corrected chi connectivity index (χ0v) is 9.15. The molecule has 3 nitrogen and oxygen atoms in total. The molecule has 0 saturated carbocycles. The van der Waals surface area contributed by atoms with Crippen LogP contribution in [-0.2, 0) is 13.1 Å². The molecule has 16 heavy (non-hydrogen) atoms. The van der Waals surface area contributed by atoms with Crippen LogP contribution in [0.4, 0.5) is 4.39 Å². The topological polar surface area (TPSA) is 29.9 Å². The third-order valence-corrected chi connectivity index (χ3v) is 2.40. The molecule has 1 N–H and O–H groups in total. The molecular formula is C12H14FN3. The van der Waals surface area contributed by atoms with Crippen LogP contribution in [0.2, 0.25) is 0 Å². The van der Waals surface area contributed by atoms with Gasteiger partial charge in [-0.25, -0.2) is 9.37 Å². The molecule has 4 heteroatoms. The van der Waals surface area contributed by atoms with E-state index in [1.54, 1.807) is 18.3 Å². The Balaban J connectivity index is 2.13. The predicted octanol–water partition coefficient (Wildman–Crippen LogP) is 1.79. The normalized spacial score (nSPS) is 10.6. The van der Waals surface area contributed by atoms with Gasteiger partial charge in [-0.05, 0) is 24.7 Å². The predicted molar refractivity (Wildman–Crippen MR) is 60.5 cm³/mol. The van der Waals surface area contributed by atoms with Crippen molar-refractivity contribution >= 4 is 0 Å². The highest BCUT2D eigenvalue weighted by molar-refractivity contribution is 5.17. The number of nitrogens with one attached hydrogen (secondary N) is 1. The van der Waals surface area contributed by atoms with Crippen LogP contribution in [0, 0.1) is 5.82 Å². The molecule has 0 saturated heterocycles. The summed E-state index contributed by atoms with van der Waals surface area (Å²) in [5.41, 5.74) is 1.07. The van der Waals surface area contributed by atoms with Crippen LogP contribution in [0.25, 0.3) is 0 Å². The highest BCUT2D eigenvalue weighted by atomic mass is 19.1. The second kappa shape index (κ2) is 4.90. The van der Waals surface area contributed by atoms with Gasteiger partial charge in [0.25, 0.3) is 0 Å². The van der Waals surface area contributed by atoms with Gasteiger partial charge < -0.3 is 9.88 Å². The molecular weight excluding hydrogens is 205 g/mol. The van der Waals surface area contributed by atoms with Crippen molar-refractivity contribution in [1.82, 2.24) is 14.9 Å².